The zero-order valence-corrected chi connectivity index (χ0v) is 19.3. The number of alkyl halides is 2. The van der Waals surface area contributed by atoms with Crippen LogP contribution in [0.5, 0.6) is 5.75 Å². The van der Waals surface area contributed by atoms with Gasteiger partial charge in [-0.25, -0.2) is 0 Å². The van der Waals surface area contributed by atoms with Gasteiger partial charge in [-0.3, -0.25) is 4.99 Å². The van der Waals surface area contributed by atoms with Crippen molar-refractivity contribution >= 4 is 29.9 Å². The highest BCUT2D eigenvalue weighted by Gasteiger charge is 2.36. The molecule has 29 heavy (non-hydrogen) atoms. The van der Waals surface area contributed by atoms with Crippen molar-refractivity contribution in [2.75, 3.05) is 33.4 Å². The first-order chi connectivity index (χ1) is 13.5. The topological polar surface area (TPSA) is 75.1 Å². The Morgan fingerprint density at radius 2 is 1.93 bits per heavy atom. The third kappa shape index (κ3) is 8.59. The van der Waals surface area contributed by atoms with Crippen molar-refractivity contribution in [2.24, 2.45) is 10.4 Å². The van der Waals surface area contributed by atoms with Crippen LogP contribution in [0, 0.1) is 5.41 Å². The van der Waals surface area contributed by atoms with Crippen molar-refractivity contribution in [3.05, 3.63) is 29.8 Å². The number of rotatable bonds is 11. The van der Waals surface area contributed by atoms with Crippen LogP contribution >= 0.6 is 24.0 Å². The summed E-state index contributed by atoms with van der Waals surface area (Å²) in [5.74, 6) is 0.721. The molecule has 1 fully saturated rings. The minimum absolute atomic E-state index is 0. The van der Waals surface area contributed by atoms with Gasteiger partial charge in [-0.15, -0.1) is 24.0 Å². The molecular weight excluding hydrogens is 495 g/mol. The average Bonchev–Trinajstić information content (AvgIpc) is 2.64. The van der Waals surface area contributed by atoms with E-state index in [4.69, 9.17) is 9.73 Å². The van der Waals surface area contributed by atoms with E-state index < -0.39 is 12.7 Å². The maximum Gasteiger partial charge on any atom is 0.387 e. The first kappa shape index (κ1) is 25.8. The third-order valence-corrected chi connectivity index (χ3v) is 5.12. The van der Waals surface area contributed by atoms with Crippen molar-refractivity contribution in [1.82, 2.24) is 10.6 Å². The largest absolute Gasteiger partial charge is 0.435 e. The van der Waals surface area contributed by atoms with Crippen LogP contribution in [0.15, 0.2) is 29.3 Å². The van der Waals surface area contributed by atoms with Gasteiger partial charge >= 0.3 is 6.61 Å². The average molecular weight is 527 g/mol. The van der Waals surface area contributed by atoms with Crippen LogP contribution < -0.4 is 15.4 Å². The zero-order valence-electron chi connectivity index (χ0n) is 17.0. The van der Waals surface area contributed by atoms with Crippen LogP contribution in [0.2, 0.25) is 0 Å². The number of aliphatic hydroxyl groups is 1. The molecule has 1 aliphatic rings. The lowest BCUT2D eigenvalue weighted by Crippen LogP contribution is -2.41. The summed E-state index contributed by atoms with van der Waals surface area (Å²) < 4.78 is 34.0. The summed E-state index contributed by atoms with van der Waals surface area (Å²) in [5, 5.41) is 16.7. The fourth-order valence-corrected chi connectivity index (χ4v) is 3.25. The molecule has 0 heterocycles. The van der Waals surface area contributed by atoms with Gasteiger partial charge in [-0.05, 0) is 49.3 Å². The fourth-order valence-electron chi connectivity index (χ4n) is 3.25. The Morgan fingerprint density at radius 3 is 2.45 bits per heavy atom. The number of ether oxygens (including phenoxy) is 2. The van der Waals surface area contributed by atoms with E-state index >= 15 is 0 Å². The lowest BCUT2D eigenvalue weighted by atomic mass is 9.67. The van der Waals surface area contributed by atoms with Crippen LogP contribution in [-0.4, -0.2) is 51.0 Å². The molecule has 0 spiro atoms. The van der Waals surface area contributed by atoms with E-state index in [2.05, 4.69) is 15.4 Å². The highest BCUT2D eigenvalue weighted by atomic mass is 127. The van der Waals surface area contributed by atoms with E-state index in [1.807, 2.05) is 6.92 Å². The molecule has 0 saturated heterocycles. The second-order valence-corrected chi connectivity index (χ2v) is 7.14. The molecule has 2 rings (SSSR count). The Morgan fingerprint density at radius 1 is 1.24 bits per heavy atom. The standard InChI is InChI=1S/C20H31F2N3O3.HI/c1-3-23-19(25-14-20(9-4-10-20)11-12-27-2)24-13-17(26)15-5-7-16(8-6-15)28-18(21)22;/h5-8,17-18,26H,3-4,9-14H2,1-2H3,(H2,23,24,25);1H. The number of methoxy groups -OCH3 is 1. The molecule has 1 aromatic rings. The smallest absolute Gasteiger partial charge is 0.387 e. The fraction of sp³-hybridized carbons (Fsp3) is 0.650. The molecule has 0 aromatic heterocycles. The van der Waals surface area contributed by atoms with Gasteiger partial charge in [0.1, 0.15) is 5.75 Å². The van der Waals surface area contributed by atoms with Gasteiger partial charge in [0.15, 0.2) is 5.96 Å². The van der Waals surface area contributed by atoms with Crippen LogP contribution in [0.3, 0.4) is 0 Å². The molecule has 3 N–H and O–H groups in total. The van der Waals surface area contributed by atoms with E-state index in [1.165, 1.54) is 18.6 Å². The third-order valence-electron chi connectivity index (χ3n) is 5.12. The van der Waals surface area contributed by atoms with Gasteiger partial charge in [0, 0.05) is 33.4 Å². The number of hydrogen-bond donors (Lipinski definition) is 3. The first-order valence-electron chi connectivity index (χ1n) is 9.72. The molecule has 1 atom stereocenters. The summed E-state index contributed by atoms with van der Waals surface area (Å²) in [5.41, 5.74) is 0.831. The minimum atomic E-state index is -2.86. The lowest BCUT2D eigenvalue weighted by Gasteiger charge is -2.40. The molecule has 9 heteroatoms. The summed E-state index contributed by atoms with van der Waals surface area (Å²) in [4.78, 5) is 4.70. The van der Waals surface area contributed by atoms with Crippen molar-refractivity contribution < 1.29 is 23.4 Å². The van der Waals surface area contributed by atoms with Crippen molar-refractivity contribution in [3.8, 4) is 5.75 Å². The van der Waals surface area contributed by atoms with Crippen LogP contribution in [0.4, 0.5) is 8.78 Å². The molecule has 0 amide bonds. The molecule has 0 bridgehead atoms. The van der Waals surface area contributed by atoms with E-state index in [0.717, 1.165) is 32.4 Å². The summed E-state index contributed by atoms with van der Waals surface area (Å²) in [6.45, 7) is 1.56. The van der Waals surface area contributed by atoms with Crippen LogP contribution in [0.1, 0.15) is 44.3 Å². The van der Waals surface area contributed by atoms with E-state index in [0.29, 0.717) is 18.1 Å². The van der Waals surface area contributed by atoms with Crippen LogP contribution in [0.25, 0.3) is 0 Å². The zero-order chi connectivity index (χ0) is 20.4. The predicted molar refractivity (Wildman–Crippen MR) is 120 cm³/mol. The van der Waals surface area contributed by atoms with Crippen molar-refractivity contribution in [1.29, 1.82) is 0 Å². The monoisotopic (exact) mass is 527 g/mol. The number of hydrogen-bond acceptors (Lipinski definition) is 4. The van der Waals surface area contributed by atoms with Crippen molar-refractivity contribution in [2.45, 2.75) is 45.3 Å². The molecule has 1 unspecified atom stereocenters. The first-order valence-corrected chi connectivity index (χ1v) is 9.72. The summed E-state index contributed by atoms with van der Waals surface area (Å²) >= 11 is 0. The molecule has 6 nitrogen and oxygen atoms in total. The van der Waals surface area contributed by atoms with Gasteiger partial charge in [0.25, 0.3) is 0 Å². The highest BCUT2D eigenvalue weighted by Crippen LogP contribution is 2.44. The SMILES string of the molecule is CCNC(=NCC1(CCOC)CCC1)NCC(O)c1ccc(OC(F)F)cc1.I. The lowest BCUT2D eigenvalue weighted by molar-refractivity contribution is -0.0498. The van der Waals surface area contributed by atoms with Gasteiger partial charge in [0.05, 0.1) is 6.10 Å². The van der Waals surface area contributed by atoms with Gasteiger partial charge in [0.2, 0.25) is 0 Å². The Bertz CT molecular complexity index is 613. The highest BCUT2D eigenvalue weighted by molar-refractivity contribution is 14.0. The Kier molecular flexibility index (Phi) is 11.7. The summed E-state index contributed by atoms with van der Waals surface area (Å²) in [7, 11) is 1.72. The molecular formula is C20H32F2IN3O3. The van der Waals surface area contributed by atoms with E-state index in [-0.39, 0.29) is 41.7 Å². The molecule has 0 aliphatic heterocycles. The minimum Gasteiger partial charge on any atom is -0.435 e. The Balaban J connectivity index is 0.00000420. The van der Waals surface area contributed by atoms with Crippen molar-refractivity contribution in [3.63, 3.8) is 0 Å². The Labute approximate surface area is 188 Å². The van der Waals surface area contributed by atoms with Gasteiger partial charge in [-0.2, -0.15) is 8.78 Å². The van der Waals surface area contributed by atoms with E-state index in [1.54, 1.807) is 19.2 Å². The number of benzene rings is 1. The maximum absolute atomic E-state index is 12.2. The van der Waals surface area contributed by atoms with Gasteiger partial charge in [-0.1, -0.05) is 18.6 Å². The number of nitrogens with zero attached hydrogens (tertiary/aromatic N) is 1. The van der Waals surface area contributed by atoms with E-state index in [9.17, 15) is 13.9 Å². The molecule has 1 aliphatic carbocycles. The second kappa shape index (κ2) is 13.2. The summed E-state index contributed by atoms with van der Waals surface area (Å²) in [6.07, 6.45) is 3.76. The maximum atomic E-state index is 12.2. The van der Waals surface area contributed by atoms with Gasteiger partial charge < -0.3 is 25.2 Å². The second-order valence-electron chi connectivity index (χ2n) is 7.14. The number of aliphatic imine (C=N–C) groups is 1. The molecule has 1 saturated carbocycles. The number of halogens is 3. The number of aliphatic hydroxyl groups excluding tert-OH is 1. The van der Waals surface area contributed by atoms with Crippen LogP contribution in [-0.2, 0) is 4.74 Å². The Hall–Kier alpha value is -1.20. The number of guanidine groups is 1. The molecule has 0 radical (unpaired) electrons. The molecule has 166 valence electrons. The quantitative estimate of drug-likeness (QED) is 0.233. The molecule has 1 aromatic carbocycles. The predicted octanol–water partition coefficient (Wildman–Crippen LogP) is 3.70. The number of nitrogens with one attached hydrogen (secondary N) is 2. The summed E-state index contributed by atoms with van der Waals surface area (Å²) in [6, 6.07) is 5.98. The normalized spacial score (nSPS) is 16.6.